The Labute approximate surface area is 170 Å². The van der Waals surface area contributed by atoms with Gasteiger partial charge in [-0.1, -0.05) is 12.5 Å². The van der Waals surface area contributed by atoms with Gasteiger partial charge in [0.15, 0.2) is 0 Å². The van der Waals surface area contributed by atoms with Crippen LogP contribution in [0.1, 0.15) is 73.1 Å². The number of likely N-dealkylation sites (tertiary alicyclic amines) is 1. The minimum Gasteiger partial charge on any atom is -0.444 e. The number of ether oxygens (including phenoxy) is 1. The largest absolute Gasteiger partial charge is 0.444 e. The van der Waals surface area contributed by atoms with Crippen LogP contribution in [0.3, 0.4) is 0 Å². The number of carbonyl (C=O) groups is 1. The zero-order valence-corrected chi connectivity index (χ0v) is 18.2. The highest BCUT2D eigenvalue weighted by atomic mass is 16.6. The van der Waals surface area contributed by atoms with Gasteiger partial charge in [0.2, 0.25) is 0 Å². The summed E-state index contributed by atoms with van der Waals surface area (Å²) in [4.78, 5) is 18.0. The van der Waals surface area contributed by atoms with Crippen molar-refractivity contribution >= 4 is 11.8 Å². The first kappa shape index (κ1) is 24.2. The molecule has 0 saturated carbocycles. The highest BCUT2D eigenvalue weighted by Crippen LogP contribution is 2.25. The highest BCUT2D eigenvalue weighted by Gasteiger charge is 2.29. The smallest absolute Gasteiger partial charge is 0.410 e. The molecule has 1 fully saturated rings. The van der Waals surface area contributed by atoms with Crippen LogP contribution < -0.4 is 0 Å². The van der Waals surface area contributed by atoms with E-state index in [0.717, 1.165) is 38.5 Å². The number of rotatable bonds is 8. The van der Waals surface area contributed by atoms with Crippen molar-refractivity contribution < 1.29 is 14.6 Å². The number of nitrogens with zero attached hydrogens (tertiary/aromatic N) is 3. The van der Waals surface area contributed by atoms with Crippen LogP contribution >= 0.6 is 0 Å². The summed E-state index contributed by atoms with van der Waals surface area (Å²) >= 11 is 0. The van der Waals surface area contributed by atoms with Crippen LogP contribution in [0.15, 0.2) is 16.6 Å². The first-order chi connectivity index (χ1) is 13.2. The first-order valence-electron chi connectivity index (χ1n) is 10.5. The van der Waals surface area contributed by atoms with Gasteiger partial charge in [-0.25, -0.2) is 4.79 Å². The lowest BCUT2D eigenvalue weighted by Crippen LogP contribution is -2.43. The second-order valence-corrected chi connectivity index (χ2v) is 8.39. The predicted octanol–water partition coefficient (Wildman–Crippen LogP) is 4.49. The third kappa shape index (κ3) is 8.88. The summed E-state index contributed by atoms with van der Waals surface area (Å²) in [6, 6.07) is 2.13. The molecule has 1 amide bonds. The predicted molar refractivity (Wildman–Crippen MR) is 112 cm³/mol. The number of aliphatic imine (C=N–C) groups is 1. The average Bonchev–Trinajstić information content (AvgIpc) is 2.65. The van der Waals surface area contributed by atoms with Crippen LogP contribution in [0.5, 0.6) is 0 Å². The summed E-state index contributed by atoms with van der Waals surface area (Å²) in [7, 11) is 0. The van der Waals surface area contributed by atoms with Crippen LogP contribution in [0.25, 0.3) is 0 Å². The van der Waals surface area contributed by atoms with Crippen molar-refractivity contribution in [2.45, 2.75) is 84.8 Å². The van der Waals surface area contributed by atoms with Crippen molar-refractivity contribution in [1.29, 1.82) is 5.26 Å². The average molecular weight is 392 g/mol. The van der Waals surface area contributed by atoms with E-state index in [1.807, 2.05) is 33.8 Å². The maximum atomic E-state index is 12.1. The Hall–Kier alpha value is -1.87. The molecule has 1 unspecified atom stereocenters. The van der Waals surface area contributed by atoms with E-state index in [1.54, 1.807) is 4.90 Å². The van der Waals surface area contributed by atoms with E-state index >= 15 is 0 Å². The molecule has 28 heavy (non-hydrogen) atoms. The molecule has 0 aromatic rings. The molecule has 0 spiro atoms. The molecule has 0 aromatic heterocycles. The fourth-order valence-electron chi connectivity index (χ4n) is 3.40. The highest BCUT2D eigenvalue weighted by molar-refractivity contribution is 6.07. The van der Waals surface area contributed by atoms with Crippen molar-refractivity contribution in [3.05, 3.63) is 11.6 Å². The lowest BCUT2D eigenvalue weighted by atomic mass is 9.88. The van der Waals surface area contributed by atoms with Gasteiger partial charge in [-0.05, 0) is 78.2 Å². The van der Waals surface area contributed by atoms with Gasteiger partial charge in [0, 0.05) is 19.6 Å². The van der Waals surface area contributed by atoms with Crippen molar-refractivity contribution in [2.24, 2.45) is 10.9 Å². The van der Waals surface area contributed by atoms with E-state index in [9.17, 15) is 9.90 Å². The standard InChI is InChI=1S/C22H37N3O3/c1-6-17(15-19(16-23)24-7-2)9-8-10-20(26)18-11-13-25(14-12-18)21(27)28-22(3,4)5/h15,18,20,26H,6-14H2,1-5H3/b17-15+,24-19?. The number of aliphatic hydroxyl groups excluding tert-OH is 1. The lowest BCUT2D eigenvalue weighted by Gasteiger charge is -2.35. The molecule has 0 radical (unpaired) electrons. The zero-order valence-electron chi connectivity index (χ0n) is 18.2. The van der Waals surface area contributed by atoms with E-state index in [2.05, 4.69) is 18.0 Å². The molecule has 1 aliphatic rings. The Bertz CT molecular complexity index is 591. The van der Waals surface area contributed by atoms with Gasteiger partial charge in [-0.2, -0.15) is 5.26 Å². The third-order valence-corrected chi connectivity index (χ3v) is 4.97. The summed E-state index contributed by atoms with van der Waals surface area (Å²) in [5.41, 5.74) is 1.20. The topological polar surface area (TPSA) is 85.9 Å². The number of aliphatic hydroxyl groups is 1. The van der Waals surface area contributed by atoms with Crippen LogP contribution in [0.2, 0.25) is 0 Å². The van der Waals surface area contributed by atoms with Crippen LogP contribution in [0, 0.1) is 17.2 Å². The quantitative estimate of drug-likeness (QED) is 0.618. The fraction of sp³-hybridized carbons (Fsp3) is 0.773. The van der Waals surface area contributed by atoms with Gasteiger partial charge in [-0.15, -0.1) is 0 Å². The minimum absolute atomic E-state index is 0.226. The van der Waals surface area contributed by atoms with E-state index < -0.39 is 5.60 Å². The normalized spacial score (nSPS) is 18.0. The number of hydrogen-bond acceptors (Lipinski definition) is 5. The molecule has 1 atom stereocenters. The SMILES string of the molecule is CCN=C(C#N)/C=C(\CC)CCCC(O)C1CCN(C(=O)OC(C)(C)C)CC1. The third-order valence-electron chi connectivity index (χ3n) is 4.97. The number of allylic oxidation sites excluding steroid dienone is 2. The van der Waals surface area contributed by atoms with Crippen molar-refractivity contribution in [1.82, 2.24) is 4.90 Å². The Balaban J connectivity index is 2.42. The molecule has 0 aliphatic carbocycles. The molecule has 6 heteroatoms. The summed E-state index contributed by atoms with van der Waals surface area (Å²) in [6.07, 6.45) is 6.26. The van der Waals surface area contributed by atoms with E-state index in [1.165, 1.54) is 5.57 Å². The summed E-state index contributed by atoms with van der Waals surface area (Å²) < 4.78 is 5.42. The second kappa shape index (κ2) is 11.9. The number of nitriles is 1. The number of piperidine rings is 1. The first-order valence-corrected chi connectivity index (χ1v) is 10.5. The summed E-state index contributed by atoms with van der Waals surface area (Å²) in [5, 5.41) is 19.7. The van der Waals surface area contributed by atoms with Crippen LogP contribution in [0.4, 0.5) is 4.79 Å². The Morgan fingerprint density at radius 1 is 1.36 bits per heavy atom. The molecule has 6 nitrogen and oxygen atoms in total. The molecule has 0 aromatic carbocycles. The van der Waals surface area contributed by atoms with Gasteiger partial charge in [0.25, 0.3) is 0 Å². The number of hydrogen-bond donors (Lipinski definition) is 1. The number of carbonyl (C=O) groups excluding carboxylic acids is 1. The zero-order chi connectivity index (χ0) is 21.2. The molecule has 1 rings (SSSR count). The molecule has 0 bridgehead atoms. The van der Waals surface area contributed by atoms with Crippen LogP contribution in [-0.2, 0) is 4.74 Å². The molecule has 158 valence electrons. The molecule has 1 N–H and O–H groups in total. The van der Waals surface area contributed by atoms with E-state index in [4.69, 9.17) is 10.00 Å². The Morgan fingerprint density at radius 2 is 2.00 bits per heavy atom. The molecular weight excluding hydrogens is 354 g/mol. The monoisotopic (exact) mass is 391 g/mol. The van der Waals surface area contributed by atoms with Gasteiger partial charge < -0.3 is 14.7 Å². The minimum atomic E-state index is -0.481. The maximum Gasteiger partial charge on any atom is 0.410 e. The van der Waals surface area contributed by atoms with Gasteiger partial charge in [0.05, 0.1) is 6.10 Å². The van der Waals surface area contributed by atoms with Gasteiger partial charge in [-0.3, -0.25) is 4.99 Å². The second-order valence-electron chi connectivity index (χ2n) is 8.39. The fourth-order valence-corrected chi connectivity index (χ4v) is 3.40. The number of amides is 1. The summed E-state index contributed by atoms with van der Waals surface area (Å²) in [5.74, 6) is 0.226. The Kier molecular flexibility index (Phi) is 10.2. The summed E-state index contributed by atoms with van der Waals surface area (Å²) in [6.45, 7) is 11.5. The lowest BCUT2D eigenvalue weighted by molar-refractivity contribution is 0.00664. The van der Waals surface area contributed by atoms with E-state index in [-0.39, 0.29) is 18.1 Å². The van der Waals surface area contributed by atoms with E-state index in [0.29, 0.717) is 25.3 Å². The molecule has 1 heterocycles. The van der Waals surface area contributed by atoms with Crippen molar-refractivity contribution in [2.75, 3.05) is 19.6 Å². The molecule has 1 aliphatic heterocycles. The van der Waals surface area contributed by atoms with Crippen molar-refractivity contribution in [3.63, 3.8) is 0 Å². The maximum absolute atomic E-state index is 12.1. The molecular formula is C22H37N3O3. The Morgan fingerprint density at radius 3 is 2.50 bits per heavy atom. The van der Waals surface area contributed by atoms with Crippen molar-refractivity contribution in [3.8, 4) is 6.07 Å². The van der Waals surface area contributed by atoms with Gasteiger partial charge in [0.1, 0.15) is 17.4 Å². The van der Waals surface area contributed by atoms with Gasteiger partial charge >= 0.3 is 6.09 Å². The molecule has 1 saturated heterocycles. The van der Waals surface area contributed by atoms with Crippen LogP contribution in [-0.4, -0.2) is 53.2 Å².